The molecule has 2 N–H and O–H groups in total. The Hall–Kier alpha value is -0.340. The number of rotatable bonds is 2. The highest BCUT2D eigenvalue weighted by Crippen LogP contribution is 2.14. The lowest BCUT2D eigenvalue weighted by Gasteiger charge is -2.02. The number of hydrogen-bond acceptors (Lipinski definition) is 2. The molecule has 10 heavy (non-hydrogen) atoms. The summed E-state index contributed by atoms with van der Waals surface area (Å²) in [6.07, 6.45) is 1.01. The maximum Gasteiger partial charge on any atom is 0.00513 e. The third-order valence-electron chi connectivity index (χ3n) is 1.50. The van der Waals surface area contributed by atoms with E-state index in [4.69, 9.17) is 5.73 Å². The summed E-state index contributed by atoms with van der Waals surface area (Å²) >= 11 is 1.75. The van der Waals surface area contributed by atoms with Gasteiger partial charge in [-0.15, -0.1) is 0 Å². The maximum atomic E-state index is 5.66. The van der Waals surface area contributed by atoms with Crippen LogP contribution in [0, 0.1) is 6.92 Å². The molecule has 0 amide bonds. The summed E-state index contributed by atoms with van der Waals surface area (Å²) < 4.78 is 0. The summed E-state index contributed by atoms with van der Waals surface area (Å²) in [4.78, 5) is 0. The molecule has 1 aromatic heterocycles. The van der Waals surface area contributed by atoms with Crippen LogP contribution in [0.5, 0.6) is 0 Å². The highest BCUT2D eigenvalue weighted by Gasteiger charge is 2.00. The first-order chi connectivity index (χ1) is 4.70. The molecule has 0 aliphatic rings. The average Bonchev–Trinajstić information content (AvgIpc) is 2.15. The van der Waals surface area contributed by atoms with Crippen molar-refractivity contribution in [2.75, 3.05) is 0 Å². The predicted molar refractivity (Wildman–Crippen MR) is 46.4 cm³/mol. The molecule has 0 radical (unpaired) electrons. The summed E-state index contributed by atoms with van der Waals surface area (Å²) in [5.41, 5.74) is 8.44. The molecule has 1 heterocycles. The summed E-state index contributed by atoms with van der Waals surface area (Å²) in [7, 11) is 0. The number of nitrogens with two attached hydrogens (primary N) is 1. The van der Waals surface area contributed by atoms with E-state index in [0.717, 1.165) is 6.42 Å². The standard InChI is InChI=1S/C8H13NS/c1-6-4-10-5-8(6)3-7(2)9/h4-5,7H,3,9H2,1-2H3/t7-/m1/s1. The molecular formula is C8H13NS. The molecule has 0 saturated carbocycles. The molecule has 0 aliphatic heterocycles. The quantitative estimate of drug-likeness (QED) is 0.694. The third kappa shape index (κ3) is 1.82. The van der Waals surface area contributed by atoms with Gasteiger partial charge in [0.1, 0.15) is 0 Å². The zero-order chi connectivity index (χ0) is 7.56. The summed E-state index contributed by atoms with van der Waals surface area (Å²) in [6, 6.07) is 0.285. The number of hydrogen-bond donors (Lipinski definition) is 1. The Morgan fingerprint density at radius 2 is 2.30 bits per heavy atom. The average molecular weight is 155 g/mol. The smallest absolute Gasteiger partial charge is 0.00513 e. The van der Waals surface area contributed by atoms with Crippen LogP contribution in [0.4, 0.5) is 0 Å². The Balaban J connectivity index is 2.65. The monoisotopic (exact) mass is 155 g/mol. The Morgan fingerprint density at radius 3 is 2.70 bits per heavy atom. The van der Waals surface area contributed by atoms with Gasteiger partial charge in [-0.1, -0.05) is 0 Å². The van der Waals surface area contributed by atoms with E-state index in [1.165, 1.54) is 11.1 Å². The lowest BCUT2D eigenvalue weighted by atomic mass is 10.1. The molecule has 2 heteroatoms. The minimum absolute atomic E-state index is 0.285. The van der Waals surface area contributed by atoms with Crippen LogP contribution in [0.1, 0.15) is 18.1 Å². The molecule has 56 valence electrons. The van der Waals surface area contributed by atoms with Crippen LogP contribution in [0.25, 0.3) is 0 Å². The fraction of sp³-hybridized carbons (Fsp3) is 0.500. The molecule has 0 aromatic carbocycles. The molecule has 1 atom stereocenters. The molecule has 0 aliphatic carbocycles. The van der Waals surface area contributed by atoms with Gasteiger partial charge in [-0.3, -0.25) is 0 Å². The van der Waals surface area contributed by atoms with Crippen molar-refractivity contribution in [2.24, 2.45) is 5.73 Å². The van der Waals surface area contributed by atoms with Gasteiger partial charge in [0.15, 0.2) is 0 Å². The Bertz CT molecular complexity index is 203. The van der Waals surface area contributed by atoms with E-state index in [9.17, 15) is 0 Å². The van der Waals surface area contributed by atoms with Crippen molar-refractivity contribution < 1.29 is 0 Å². The van der Waals surface area contributed by atoms with Crippen LogP contribution in [0.3, 0.4) is 0 Å². The first-order valence-electron chi connectivity index (χ1n) is 3.47. The number of aryl methyl sites for hydroxylation is 1. The second-order valence-corrected chi connectivity index (χ2v) is 3.51. The number of thiophene rings is 1. The highest BCUT2D eigenvalue weighted by atomic mass is 32.1. The minimum Gasteiger partial charge on any atom is -0.328 e. The zero-order valence-corrected chi connectivity index (χ0v) is 7.24. The van der Waals surface area contributed by atoms with E-state index >= 15 is 0 Å². The molecule has 1 aromatic rings. The normalized spacial score (nSPS) is 13.5. The van der Waals surface area contributed by atoms with Crippen molar-refractivity contribution >= 4 is 11.3 Å². The predicted octanol–water partition coefficient (Wildman–Crippen LogP) is 1.95. The van der Waals surface area contributed by atoms with E-state index in [1.54, 1.807) is 11.3 Å². The van der Waals surface area contributed by atoms with Crippen LogP contribution in [-0.4, -0.2) is 6.04 Å². The van der Waals surface area contributed by atoms with Crippen LogP contribution < -0.4 is 5.73 Å². The molecule has 0 bridgehead atoms. The molecule has 1 rings (SSSR count). The first-order valence-corrected chi connectivity index (χ1v) is 4.41. The molecule has 0 spiro atoms. The topological polar surface area (TPSA) is 26.0 Å². The second kappa shape index (κ2) is 3.17. The second-order valence-electron chi connectivity index (χ2n) is 2.76. The fourth-order valence-electron chi connectivity index (χ4n) is 0.943. The van der Waals surface area contributed by atoms with E-state index in [-0.39, 0.29) is 6.04 Å². The van der Waals surface area contributed by atoms with Crippen LogP contribution in [-0.2, 0) is 6.42 Å². The third-order valence-corrected chi connectivity index (χ3v) is 2.41. The van der Waals surface area contributed by atoms with Crippen molar-refractivity contribution in [3.05, 3.63) is 21.9 Å². The van der Waals surface area contributed by atoms with Gasteiger partial charge in [0, 0.05) is 6.04 Å². The van der Waals surface area contributed by atoms with Crippen LogP contribution >= 0.6 is 11.3 Å². The zero-order valence-electron chi connectivity index (χ0n) is 6.42. The van der Waals surface area contributed by atoms with E-state index in [1.807, 2.05) is 6.92 Å². The van der Waals surface area contributed by atoms with Crippen molar-refractivity contribution in [1.29, 1.82) is 0 Å². The minimum atomic E-state index is 0.285. The van der Waals surface area contributed by atoms with Gasteiger partial charge in [0.2, 0.25) is 0 Å². The van der Waals surface area contributed by atoms with Crippen molar-refractivity contribution in [1.82, 2.24) is 0 Å². The van der Waals surface area contributed by atoms with Crippen molar-refractivity contribution in [2.45, 2.75) is 26.3 Å². The Kier molecular flexibility index (Phi) is 2.46. The van der Waals surface area contributed by atoms with Gasteiger partial charge in [0.05, 0.1) is 0 Å². The lowest BCUT2D eigenvalue weighted by Crippen LogP contribution is -2.17. The first kappa shape index (κ1) is 7.76. The molecule has 0 unspecified atom stereocenters. The summed E-state index contributed by atoms with van der Waals surface area (Å²) in [5.74, 6) is 0. The summed E-state index contributed by atoms with van der Waals surface area (Å²) in [6.45, 7) is 4.17. The molecular weight excluding hydrogens is 142 g/mol. The van der Waals surface area contributed by atoms with Gasteiger partial charge >= 0.3 is 0 Å². The summed E-state index contributed by atoms with van der Waals surface area (Å²) in [5, 5.41) is 4.34. The van der Waals surface area contributed by atoms with Crippen molar-refractivity contribution in [3.63, 3.8) is 0 Å². The molecule has 0 fully saturated rings. The van der Waals surface area contributed by atoms with E-state index < -0.39 is 0 Å². The van der Waals surface area contributed by atoms with Gasteiger partial charge in [0.25, 0.3) is 0 Å². The molecule has 0 saturated heterocycles. The highest BCUT2D eigenvalue weighted by molar-refractivity contribution is 7.08. The maximum absolute atomic E-state index is 5.66. The van der Waals surface area contributed by atoms with Crippen LogP contribution in [0.2, 0.25) is 0 Å². The van der Waals surface area contributed by atoms with Crippen molar-refractivity contribution in [3.8, 4) is 0 Å². The largest absolute Gasteiger partial charge is 0.328 e. The lowest BCUT2D eigenvalue weighted by molar-refractivity contribution is 0.737. The Labute approximate surface area is 65.9 Å². The van der Waals surface area contributed by atoms with Gasteiger partial charge < -0.3 is 5.73 Å². The van der Waals surface area contributed by atoms with Gasteiger partial charge in [-0.05, 0) is 42.2 Å². The van der Waals surface area contributed by atoms with E-state index in [0.29, 0.717) is 0 Å². The van der Waals surface area contributed by atoms with Gasteiger partial charge in [-0.25, -0.2) is 0 Å². The van der Waals surface area contributed by atoms with E-state index in [2.05, 4.69) is 17.7 Å². The Morgan fingerprint density at radius 1 is 1.60 bits per heavy atom. The van der Waals surface area contributed by atoms with Gasteiger partial charge in [-0.2, -0.15) is 11.3 Å². The molecule has 1 nitrogen and oxygen atoms in total. The fourth-order valence-corrected chi connectivity index (χ4v) is 1.81. The SMILES string of the molecule is Cc1cscc1C[C@@H](C)N. The van der Waals surface area contributed by atoms with Crippen LogP contribution in [0.15, 0.2) is 10.8 Å².